The van der Waals surface area contributed by atoms with E-state index in [0.717, 1.165) is 13.8 Å². The topological polar surface area (TPSA) is 286 Å². The Morgan fingerprint density at radius 1 is 0.600 bits per heavy atom. The van der Waals surface area contributed by atoms with Gasteiger partial charge in [0.2, 0.25) is 11.8 Å². The molecule has 0 saturated carbocycles. The number of carbonyl (C=O) groups excluding carboxylic acids is 2. The lowest BCUT2D eigenvalue weighted by atomic mass is 9.94. The number of hydrogen-bond acceptors (Lipinski definition) is 16. The molecule has 232 valence electrons. The quantitative estimate of drug-likeness (QED) is 0.120. The normalized spacial score (nSPS) is 46.0. The SMILES string of the molecule is CC(=O)N[C@@H]1[C@H](O[C@@H]2[C@@H](O)[C@@H](CO)O[C@@H](O[C@@H]3[C@@H](O)[C@H](CO)O[C@@H](O)[C@@H]3NC(C)=O)[C@@H]2O)O[C@@H](CO)[C@H](O)[C@H]1O. The Kier molecular flexibility index (Phi) is 11.5. The minimum absolute atomic E-state index is 0.650. The van der Waals surface area contributed by atoms with Gasteiger partial charge in [0.1, 0.15) is 73.1 Å². The van der Waals surface area contributed by atoms with Crippen LogP contribution in [0.15, 0.2) is 0 Å². The number of aliphatic hydroxyl groups is 9. The zero-order valence-corrected chi connectivity index (χ0v) is 21.7. The van der Waals surface area contributed by atoms with E-state index in [-0.39, 0.29) is 0 Å². The van der Waals surface area contributed by atoms with Crippen LogP contribution in [-0.2, 0) is 33.3 Å². The van der Waals surface area contributed by atoms with Crippen LogP contribution in [0.5, 0.6) is 0 Å². The lowest BCUT2D eigenvalue weighted by Crippen LogP contribution is -2.69. The minimum Gasteiger partial charge on any atom is -0.394 e. The Bertz CT molecular complexity index is 854. The first-order chi connectivity index (χ1) is 18.8. The largest absolute Gasteiger partial charge is 0.394 e. The molecule has 3 rings (SSSR count). The van der Waals surface area contributed by atoms with E-state index in [1.807, 2.05) is 0 Å². The Hall–Kier alpha value is -1.62. The third-order valence-electron chi connectivity index (χ3n) is 6.90. The summed E-state index contributed by atoms with van der Waals surface area (Å²) in [4.78, 5) is 23.4. The van der Waals surface area contributed by atoms with Crippen molar-refractivity contribution < 1.29 is 79.2 Å². The van der Waals surface area contributed by atoms with Gasteiger partial charge in [-0.05, 0) is 0 Å². The highest BCUT2D eigenvalue weighted by atomic mass is 16.7. The van der Waals surface area contributed by atoms with Crippen LogP contribution in [0.4, 0.5) is 0 Å². The summed E-state index contributed by atoms with van der Waals surface area (Å²) in [6.45, 7) is -0.135. The van der Waals surface area contributed by atoms with E-state index >= 15 is 0 Å². The zero-order valence-electron chi connectivity index (χ0n) is 21.7. The van der Waals surface area contributed by atoms with Crippen LogP contribution in [0.1, 0.15) is 13.8 Å². The van der Waals surface area contributed by atoms with Crippen LogP contribution in [0.3, 0.4) is 0 Å². The van der Waals surface area contributed by atoms with E-state index in [4.69, 9.17) is 23.7 Å². The fourth-order valence-corrected chi connectivity index (χ4v) is 4.86. The maximum atomic E-state index is 11.7. The maximum Gasteiger partial charge on any atom is 0.217 e. The number of amides is 2. The molecule has 0 unspecified atom stereocenters. The first-order valence-electron chi connectivity index (χ1n) is 12.6. The summed E-state index contributed by atoms with van der Waals surface area (Å²) >= 11 is 0. The highest BCUT2D eigenvalue weighted by Gasteiger charge is 2.54. The van der Waals surface area contributed by atoms with Crippen LogP contribution >= 0.6 is 0 Å². The molecule has 3 aliphatic rings. The lowest BCUT2D eigenvalue weighted by Gasteiger charge is -2.49. The molecule has 3 fully saturated rings. The molecule has 11 N–H and O–H groups in total. The molecule has 0 aliphatic carbocycles. The van der Waals surface area contributed by atoms with Crippen molar-refractivity contribution in [3.63, 3.8) is 0 Å². The van der Waals surface area contributed by atoms with Crippen molar-refractivity contribution >= 4 is 11.8 Å². The molecule has 18 heteroatoms. The molecule has 18 nitrogen and oxygen atoms in total. The van der Waals surface area contributed by atoms with E-state index in [1.165, 1.54) is 0 Å². The second-order valence-corrected chi connectivity index (χ2v) is 9.81. The van der Waals surface area contributed by atoms with Gasteiger partial charge in [0, 0.05) is 13.8 Å². The van der Waals surface area contributed by atoms with Gasteiger partial charge in [-0.2, -0.15) is 0 Å². The number of rotatable bonds is 9. The average molecular weight is 587 g/mol. The Labute approximate surface area is 228 Å². The molecule has 0 aromatic carbocycles. The number of hydrogen-bond donors (Lipinski definition) is 11. The molecule has 15 atom stereocenters. The Morgan fingerprint density at radius 2 is 1.05 bits per heavy atom. The van der Waals surface area contributed by atoms with E-state index < -0.39 is 124 Å². The molecule has 3 heterocycles. The molecule has 0 aromatic rings. The van der Waals surface area contributed by atoms with Gasteiger partial charge in [-0.3, -0.25) is 9.59 Å². The molecule has 3 aliphatic heterocycles. The highest BCUT2D eigenvalue weighted by Crippen LogP contribution is 2.32. The van der Waals surface area contributed by atoms with E-state index in [0.29, 0.717) is 0 Å². The summed E-state index contributed by atoms with van der Waals surface area (Å²) in [7, 11) is 0. The first-order valence-corrected chi connectivity index (χ1v) is 12.6. The molecule has 40 heavy (non-hydrogen) atoms. The van der Waals surface area contributed by atoms with Crippen LogP contribution in [0.25, 0.3) is 0 Å². The molecule has 0 aromatic heterocycles. The van der Waals surface area contributed by atoms with Crippen molar-refractivity contribution in [1.29, 1.82) is 0 Å². The molecular weight excluding hydrogens is 548 g/mol. The Morgan fingerprint density at radius 3 is 1.60 bits per heavy atom. The minimum atomic E-state index is -1.94. The number of carbonyl (C=O) groups is 2. The van der Waals surface area contributed by atoms with Crippen LogP contribution in [0.2, 0.25) is 0 Å². The Balaban J connectivity index is 1.88. The van der Waals surface area contributed by atoms with Gasteiger partial charge < -0.3 is 80.3 Å². The van der Waals surface area contributed by atoms with Gasteiger partial charge in [0.25, 0.3) is 0 Å². The molecule has 0 bridgehead atoms. The summed E-state index contributed by atoms with van der Waals surface area (Å²) in [5.74, 6) is -1.31. The van der Waals surface area contributed by atoms with Gasteiger partial charge in [-0.1, -0.05) is 0 Å². The fraction of sp³-hybridized carbons (Fsp3) is 0.909. The number of ether oxygens (including phenoxy) is 5. The summed E-state index contributed by atoms with van der Waals surface area (Å²) in [5, 5.41) is 97.2. The molecule has 0 spiro atoms. The summed E-state index contributed by atoms with van der Waals surface area (Å²) in [6.07, 6.45) is -21.5. The predicted molar refractivity (Wildman–Crippen MR) is 124 cm³/mol. The average Bonchev–Trinajstić information content (AvgIpc) is 2.90. The van der Waals surface area contributed by atoms with Crippen LogP contribution < -0.4 is 10.6 Å². The second kappa shape index (κ2) is 14.0. The van der Waals surface area contributed by atoms with Crippen molar-refractivity contribution in [2.24, 2.45) is 0 Å². The molecule has 3 saturated heterocycles. The highest BCUT2D eigenvalue weighted by molar-refractivity contribution is 5.73. The van der Waals surface area contributed by atoms with E-state index in [1.54, 1.807) is 0 Å². The van der Waals surface area contributed by atoms with Gasteiger partial charge in [-0.25, -0.2) is 0 Å². The van der Waals surface area contributed by atoms with E-state index in [9.17, 15) is 55.5 Å². The summed E-state index contributed by atoms with van der Waals surface area (Å²) < 4.78 is 27.5. The molecule has 2 amide bonds. The van der Waals surface area contributed by atoms with Gasteiger partial charge in [-0.15, -0.1) is 0 Å². The van der Waals surface area contributed by atoms with Crippen molar-refractivity contribution in [3.05, 3.63) is 0 Å². The van der Waals surface area contributed by atoms with Gasteiger partial charge in [0.05, 0.1) is 19.8 Å². The van der Waals surface area contributed by atoms with Crippen molar-refractivity contribution in [3.8, 4) is 0 Å². The first kappa shape index (κ1) is 32.9. The van der Waals surface area contributed by atoms with Gasteiger partial charge in [0.15, 0.2) is 18.9 Å². The molecular formula is C22H38N2O16. The van der Waals surface area contributed by atoms with Crippen molar-refractivity contribution in [1.82, 2.24) is 10.6 Å². The smallest absolute Gasteiger partial charge is 0.217 e. The predicted octanol–water partition coefficient (Wildman–Crippen LogP) is -7.29. The van der Waals surface area contributed by atoms with Gasteiger partial charge >= 0.3 is 0 Å². The zero-order chi connectivity index (χ0) is 29.9. The number of aliphatic hydroxyl groups excluding tert-OH is 9. The third-order valence-corrected chi connectivity index (χ3v) is 6.90. The summed E-state index contributed by atoms with van der Waals surface area (Å²) in [6, 6.07) is -2.86. The summed E-state index contributed by atoms with van der Waals surface area (Å²) in [5.41, 5.74) is 0. The lowest BCUT2D eigenvalue weighted by molar-refractivity contribution is -0.365. The van der Waals surface area contributed by atoms with Crippen molar-refractivity contribution in [2.45, 2.75) is 106 Å². The fourth-order valence-electron chi connectivity index (χ4n) is 4.86. The van der Waals surface area contributed by atoms with Crippen LogP contribution in [-0.4, -0.2) is 170 Å². The van der Waals surface area contributed by atoms with E-state index in [2.05, 4.69) is 10.6 Å². The maximum absolute atomic E-state index is 11.7. The monoisotopic (exact) mass is 586 g/mol. The van der Waals surface area contributed by atoms with Crippen molar-refractivity contribution in [2.75, 3.05) is 19.8 Å². The van der Waals surface area contributed by atoms with Crippen LogP contribution in [0, 0.1) is 0 Å². The molecule has 0 radical (unpaired) electrons. The second-order valence-electron chi connectivity index (χ2n) is 9.81. The third kappa shape index (κ3) is 7.05. The standard InChI is InChI=1S/C22H38N2O16/c1-6(28)23-11-16(33)13(30)8(3-25)37-21(11)40-19-15(32)10(5-27)38-22(17(19)34)39-18-12(24-7(2)29)20(35)36-9(4-26)14(18)31/h8-22,25-27,30-35H,3-5H2,1-2H3,(H,23,28)(H,24,29)/t8-,9-,10+,11-,12+,13-,14-,15-,16-,17+,18-,19+,20+,21-,22-/m0/s1. The number of nitrogens with one attached hydrogen (secondary N) is 2.